The molecular formula is C30H25N3O3. The molecule has 4 aromatic carbocycles. The lowest BCUT2D eigenvalue weighted by Gasteiger charge is -2.13. The fraction of sp³-hybridized carbons (Fsp3) is 0.0667. The minimum Gasteiger partial charge on any atom is -0.493 e. The van der Waals surface area contributed by atoms with Gasteiger partial charge in [0.05, 0.1) is 31.0 Å². The molecule has 1 heterocycles. The summed E-state index contributed by atoms with van der Waals surface area (Å²) in [5.74, 6) is 1.02. The predicted molar refractivity (Wildman–Crippen MR) is 144 cm³/mol. The van der Waals surface area contributed by atoms with E-state index in [1.807, 2.05) is 103 Å². The number of ether oxygens (including phenoxy) is 2. The lowest BCUT2D eigenvalue weighted by Crippen LogP contribution is -2.13. The first kappa shape index (κ1) is 22.9. The molecule has 0 aliphatic carbocycles. The van der Waals surface area contributed by atoms with Gasteiger partial charge in [-0.1, -0.05) is 36.4 Å². The molecule has 1 amide bonds. The van der Waals surface area contributed by atoms with Crippen LogP contribution in [0.1, 0.15) is 10.4 Å². The van der Waals surface area contributed by atoms with E-state index in [1.165, 1.54) is 0 Å². The average Bonchev–Trinajstić information content (AvgIpc) is 2.93. The highest BCUT2D eigenvalue weighted by Gasteiger charge is 2.15. The Kier molecular flexibility index (Phi) is 6.49. The number of pyridine rings is 1. The lowest BCUT2D eigenvalue weighted by molar-refractivity contribution is 0.102. The number of methoxy groups -OCH3 is 2. The Morgan fingerprint density at radius 3 is 2.11 bits per heavy atom. The zero-order valence-corrected chi connectivity index (χ0v) is 20.0. The standard InChI is InChI=1S/C30H25N3O3/c1-35-28-17-12-20(18-29(28)36-2)27-19-25(24-10-6-7-11-26(24)33-27)30(34)32-23-15-13-22(14-16-23)31-21-8-4-3-5-9-21/h3-19,31H,1-2H3,(H,32,34). The van der Waals surface area contributed by atoms with Crippen LogP contribution in [0.15, 0.2) is 103 Å². The van der Waals surface area contributed by atoms with Crippen LogP contribution in [0.3, 0.4) is 0 Å². The Labute approximate surface area is 209 Å². The maximum atomic E-state index is 13.4. The normalized spacial score (nSPS) is 10.6. The number of nitrogens with one attached hydrogen (secondary N) is 2. The third-order valence-electron chi connectivity index (χ3n) is 5.85. The number of carbonyl (C=O) groups is 1. The number of benzene rings is 4. The van der Waals surface area contributed by atoms with Crippen LogP contribution in [0.4, 0.5) is 17.1 Å². The fourth-order valence-electron chi connectivity index (χ4n) is 4.03. The van der Waals surface area contributed by atoms with Crippen LogP contribution in [0.5, 0.6) is 11.5 Å². The summed E-state index contributed by atoms with van der Waals surface area (Å²) in [4.78, 5) is 18.2. The molecule has 0 saturated heterocycles. The SMILES string of the molecule is COc1ccc(-c2cc(C(=O)Nc3ccc(Nc4ccccc4)cc3)c3ccccc3n2)cc1OC. The van der Waals surface area contributed by atoms with Crippen molar-refractivity contribution >= 4 is 33.9 Å². The molecule has 6 heteroatoms. The maximum absolute atomic E-state index is 13.4. The van der Waals surface area contributed by atoms with Gasteiger partial charge in [0.25, 0.3) is 5.91 Å². The third kappa shape index (κ3) is 4.83. The first-order chi connectivity index (χ1) is 17.6. The minimum atomic E-state index is -0.209. The summed E-state index contributed by atoms with van der Waals surface area (Å²) in [7, 11) is 3.19. The number of amides is 1. The van der Waals surface area contributed by atoms with Gasteiger partial charge in [-0.05, 0) is 66.7 Å². The van der Waals surface area contributed by atoms with Crippen molar-refractivity contribution in [2.45, 2.75) is 0 Å². The van der Waals surface area contributed by atoms with Crippen LogP contribution in [0.2, 0.25) is 0 Å². The van der Waals surface area contributed by atoms with Crippen molar-refractivity contribution in [1.29, 1.82) is 0 Å². The van der Waals surface area contributed by atoms with E-state index in [0.717, 1.165) is 27.8 Å². The molecule has 0 bridgehead atoms. The summed E-state index contributed by atoms with van der Waals surface area (Å²) < 4.78 is 10.8. The van der Waals surface area contributed by atoms with Crippen molar-refractivity contribution in [3.05, 3.63) is 109 Å². The molecule has 5 aromatic rings. The molecule has 2 N–H and O–H groups in total. The van der Waals surface area contributed by atoms with Crippen LogP contribution < -0.4 is 20.1 Å². The van der Waals surface area contributed by atoms with Gasteiger partial charge in [0.1, 0.15) is 0 Å². The molecule has 0 spiro atoms. The van der Waals surface area contributed by atoms with E-state index in [2.05, 4.69) is 10.6 Å². The number of aromatic nitrogens is 1. The van der Waals surface area contributed by atoms with E-state index < -0.39 is 0 Å². The van der Waals surface area contributed by atoms with E-state index >= 15 is 0 Å². The van der Waals surface area contributed by atoms with E-state index in [-0.39, 0.29) is 5.91 Å². The molecule has 5 rings (SSSR count). The van der Waals surface area contributed by atoms with Crippen LogP contribution in [0.25, 0.3) is 22.2 Å². The third-order valence-corrected chi connectivity index (χ3v) is 5.85. The molecule has 0 fully saturated rings. The van der Waals surface area contributed by atoms with Gasteiger partial charge in [-0.25, -0.2) is 4.98 Å². The number of rotatable bonds is 7. The number of carbonyl (C=O) groups excluding carboxylic acids is 1. The van der Waals surface area contributed by atoms with Crippen molar-refractivity contribution in [2.24, 2.45) is 0 Å². The Morgan fingerprint density at radius 2 is 1.36 bits per heavy atom. The molecule has 0 radical (unpaired) electrons. The topological polar surface area (TPSA) is 72.5 Å². The number of fused-ring (bicyclic) bond motifs is 1. The first-order valence-corrected chi connectivity index (χ1v) is 11.5. The average molecular weight is 476 g/mol. The van der Waals surface area contributed by atoms with Crippen LogP contribution in [-0.4, -0.2) is 25.1 Å². The summed E-state index contributed by atoms with van der Waals surface area (Å²) in [5.41, 5.74) is 5.40. The van der Waals surface area contributed by atoms with Crippen molar-refractivity contribution in [1.82, 2.24) is 4.98 Å². The minimum absolute atomic E-state index is 0.209. The number of nitrogens with zero attached hydrogens (tertiary/aromatic N) is 1. The van der Waals surface area contributed by atoms with Gasteiger partial charge in [0.15, 0.2) is 11.5 Å². The van der Waals surface area contributed by atoms with Crippen molar-refractivity contribution < 1.29 is 14.3 Å². The monoisotopic (exact) mass is 475 g/mol. The van der Waals surface area contributed by atoms with Gasteiger partial charge >= 0.3 is 0 Å². The Bertz CT molecular complexity index is 1520. The van der Waals surface area contributed by atoms with Gasteiger partial charge in [0.2, 0.25) is 0 Å². The number of anilines is 3. The molecule has 6 nitrogen and oxygen atoms in total. The highest BCUT2D eigenvalue weighted by atomic mass is 16.5. The molecule has 1 aromatic heterocycles. The highest BCUT2D eigenvalue weighted by molar-refractivity contribution is 6.13. The smallest absolute Gasteiger partial charge is 0.256 e. The molecule has 0 aliphatic heterocycles. The Morgan fingerprint density at radius 1 is 0.694 bits per heavy atom. The molecule has 0 unspecified atom stereocenters. The second kappa shape index (κ2) is 10.2. The number of hydrogen-bond acceptors (Lipinski definition) is 5. The van der Waals surface area contributed by atoms with E-state index in [9.17, 15) is 4.79 Å². The largest absolute Gasteiger partial charge is 0.493 e. The van der Waals surface area contributed by atoms with Gasteiger partial charge in [-0.15, -0.1) is 0 Å². The van der Waals surface area contributed by atoms with Gasteiger partial charge in [-0.3, -0.25) is 4.79 Å². The molecule has 0 saturated carbocycles. The highest BCUT2D eigenvalue weighted by Crippen LogP contribution is 2.33. The second-order valence-electron chi connectivity index (χ2n) is 8.16. The van der Waals surface area contributed by atoms with Crippen molar-refractivity contribution in [3.63, 3.8) is 0 Å². The molecule has 36 heavy (non-hydrogen) atoms. The van der Waals surface area contributed by atoms with Gasteiger partial charge in [0, 0.05) is 28.0 Å². The quantitative estimate of drug-likeness (QED) is 0.267. The van der Waals surface area contributed by atoms with Gasteiger partial charge in [-0.2, -0.15) is 0 Å². The molecular weight excluding hydrogens is 450 g/mol. The summed E-state index contributed by atoms with van der Waals surface area (Å²) in [6, 6.07) is 32.6. The molecule has 0 atom stereocenters. The zero-order valence-electron chi connectivity index (χ0n) is 20.0. The molecule has 178 valence electrons. The maximum Gasteiger partial charge on any atom is 0.256 e. The fourth-order valence-corrected chi connectivity index (χ4v) is 4.03. The zero-order chi connectivity index (χ0) is 24.9. The second-order valence-corrected chi connectivity index (χ2v) is 8.16. The number of para-hydroxylation sites is 2. The summed E-state index contributed by atoms with van der Waals surface area (Å²) in [6.07, 6.45) is 0. The number of hydrogen-bond donors (Lipinski definition) is 2. The van der Waals surface area contributed by atoms with Crippen molar-refractivity contribution in [2.75, 3.05) is 24.9 Å². The summed E-state index contributed by atoms with van der Waals surface area (Å²) >= 11 is 0. The summed E-state index contributed by atoms with van der Waals surface area (Å²) in [5, 5.41) is 7.14. The Balaban J connectivity index is 1.44. The van der Waals surface area contributed by atoms with E-state index in [0.29, 0.717) is 28.4 Å². The van der Waals surface area contributed by atoms with E-state index in [1.54, 1.807) is 14.2 Å². The van der Waals surface area contributed by atoms with Crippen molar-refractivity contribution in [3.8, 4) is 22.8 Å². The van der Waals surface area contributed by atoms with Gasteiger partial charge < -0.3 is 20.1 Å². The van der Waals surface area contributed by atoms with Crippen LogP contribution in [0, 0.1) is 0 Å². The molecule has 0 aliphatic rings. The Hall–Kier alpha value is -4.84. The summed E-state index contributed by atoms with van der Waals surface area (Å²) in [6.45, 7) is 0. The predicted octanol–water partition coefficient (Wildman–Crippen LogP) is 6.91. The van der Waals surface area contributed by atoms with E-state index in [4.69, 9.17) is 14.5 Å². The van der Waals surface area contributed by atoms with Crippen LogP contribution >= 0.6 is 0 Å². The van der Waals surface area contributed by atoms with Crippen LogP contribution in [-0.2, 0) is 0 Å². The lowest BCUT2D eigenvalue weighted by atomic mass is 10.0. The first-order valence-electron chi connectivity index (χ1n) is 11.5.